The molecule has 2 heterocycles. The van der Waals surface area contributed by atoms with Crippen LogP contribution in [0, 0.1) is 5.92 Å². The molecular weight excluding hydrogens is 511 g/mol. The van der Waals surface area contributed by atoms with E-state index in [4.69, 9.17) is 16.3 Å². The number of hydrogen-bond acceptors (Lipinski definition) is 4. The number of halogens is 4. The molecule has 2 aromatic carbocycles. The molecule has 1 N–H and O–H groups in total. The first-order chi connectivity index (χ1) is 17.6. The number of nitrogens with zero attached hydrogens (tertiary/aromatic N) is 3. The van der Waals surface area contributed by atoms with Crippen molar-refractivity contribution in [3.05, 3.63) is 58.6 Å². The average Bonchev–Trinajstić information content (AvgIpc) is 3.03. The number of urea groups is 1. The molecule has 0 saturated carbocycles. The predicted molar refractivity (Wildman–Crippen MR) is 133 cm³/mol. The van der Waals surface area contributed by atoms with E-state index in [0.29, 0.717) is 25.3 Å². The molecule has 3 amide bonds. The highest BCUT2D eigenvalue weighted by Gasteiger charge is 2.35. The third kappa shape index (κ3) is 6.30. The number of ether oxygens (including phenoxy) is 1. The molecule has 0 spiro atoms. The van der Waals surface area contributed by atoms with E-state index >= 15 is 0 Å². The normalized spacial score (nSPS) is 18.9. The summed E-state index contributed by atoms with van der Waals surface area (Å²) < 4.78 is 42.2. The van der Waals surface area contributed by atoms with Crippen LogP contribution in [0.25, 0.3) is 0 Å². The van der Waals surface area contributed by atoms with Crippen LogP contribution in [-0.2, 0) is 6.54 Å². The second kappa shape index (κ2) is 11.2. The molecule has 37 heavy (non-hydrogen) atoms. The number of anilines is 1. The molecule has 2 aromatic rings. The molecule has 0 radical (unpaired) electrons. The zero-order valence-electron chi connectivity index (χ0n) is 20.4. The van der Waals surface area contributed by atoms with Crippen LogP contribution in [0.5, 0.6) is 5.75 Å². The third-order valence-electron chi connectivity index (χ3n) is 6.81. The first-order valence-corrected chi connectivity index (χ1v) is 12.5. The Labute approximate surface area is 218 Å². The number of hydrogen-bond donors (Lipinski definition) is 1. The zero-order valence-corrected chi connectivity index (χ0v) is 21.1. The van der Waals surface area contributed by atoms with Crippen LogP contribution in [-0.4, -0.2) is 71.9 Å². The maximum Gasteiger partial charge on any atom is 0.422 e. The molecule has 0 aliphatic carbocycles. The number of carbonyl (C=O) groups excluding carboxylic acids is 2. The minimum atomic E-state index is -4.50. The van der Waals surface area contributed by atoms with Gasteiger partial charge in [0.05, 0.1) is 10.6 Å². The summed E-state index contributed by atoms with van der Waals surface area (Å²) in [5, 5.41) is 9.38. The van der Waals surface area contributed by atoms with Crippen molar-refractivity contribution in [3.8, 4) is 5.75 Å². The summed E-state index contributed by atoms with van der Waals surface area (Å²) in [7, 11) is 0. The Bertz CT molecular complexity index is 1140. The molecule has 7 nitrogen and oxygen atoms in total. The fraction of sp³-hybridized carbons (Fsp3) is 0.462. The fourth-order valence-electron chi connectivity index (χ4n) is 4.71. The van der Waals surface area contributed by atoms with E-state index in [1.807, 2.05) is 19.1 Å². The van der Waals surface area contributed by atoms with Crippen LogP contribution in [0.2, 0.25) is 5.02 Å². The number of likely N-dealkylation sites (tertiary alicyclic amines) is 1. The summed E-state index contributed by atoms with van der Waals surface area (Å²) in [6.07, 6.45) is -3.01. The van der Waals surface area contributed by atoms with Crippen LogP contribution in [0.4, 0.5) is 23.7 Å². The number of para-hydroxylation sites is 1. The average molecular weight is 540 g/mol. The minimum absolute atomic E-state index is 0.0289. The van der Waals surface area contributed by atoms with Crippen molar-refractivity contribution in [3.63, 3.8) is 0 Å². The van der Waals surface area contributed by atoms with E-state index < -0.39 is 18.7 Å². The monoisotopic (exact) mass is 539 g/mol. The topological polar surface area (TPSA) is 73.3 Å². The van der Waals surface area contributed by atoms with Crippen LogP contribution in [0.3, 0.4) is 0 Å². The zero-order chi connectivity index (χ0) is 26.7. The number of amides is 3. The maximum absolute atomic E-state index is 13.6. The second-order valence-electron chi connectivity index (χ2n) is 9.46. The number of rotatable bonds is 4. The molecule has 0 unspecified atom stereocenters. The van der Waals surface area contributed by atoms with Crippen LogP contribution in [0.15, 0.2) is 42.5 Å². The number of aliphatic hydroxyl groups is 1. The quantitative estimate of drug-likeness (QED) is 0.596. The van der Waals surface area contributed by atoms with Crippen molar-refractivity contribution in [1.29, 1.82) is 0 Å². The highest BCUT2D eigenvalue weighted by Crippen LogP contribution is 2.32. The summed E-state index contributed by atoms with van der Waals surface area (Å²) in [5.74, 6) is -0.315. The van der Waals surface area contributed by atoms with E-state index in [1.165, 1.54) is 18.2 Å². The Morgan fingerprint density at radius 3 is 2.49 bits per heavy atom. The van der Waals surface area contributed by atoms with E-state index in [0.717, 1.165) is 18.4 Å². The first-order valence-electron chi connectivity index (χ1n) is 12.1. The van der Waals surface area contributed by atoms with Gasteiger partial charge in [0.15, 0.2) is 6.61 Å². The molecule has 0 bridgehead atoms. The van der Waals surface area contributed by atoms with E-state index in [9.17, 15) is 27.9 Å². The molecule has 4 rings (SSSR count). The summed E-state index contributed by atoms with van der Waals surface area (Å²) >= 11 is 6.30. The van der Waals surface area contributed by atoms with Gasteiger partial charge in [0.2, 0.25) is 0 Å². The first kappa shape index (κ1) is 27.1. The molecule has 1 atom stereocenters. The summed E-state index contributed by atoms with van der Waals surface area (Å²) in [5.41, 5.74) is 1.55. The summed E-state index contributed by atoms with van der Waals surface area (Å²) in [4.78, 5) is 32.2. The highest BCUT2D eigenvalue weighted by molar-refractivity contribution is 6.34. The van der Waals surface area contributed by atoms with Crippen LogP contribution in [0.1, 0.15) is 35.7 Å². The smallest absolute Gasteiger partial charge is 0.422 e. The SMILES string of the molecule is C[C@@H]1CN(C(=O)c2ccc(OCC(F)(F)F)cc2Cl)c2ccccc2CN1C(=O)N1CCC(CO)CC1. The molecule has 2 aliphatic heterocycles. The lowest BCUT2D eigenvalue weighted by atomic mass is 9.98. The molecular formula is C26H29ClF3N3O4. The molecule has 1 fully saturated rings. The molecule has 11 heteroatoms. The second-order valence-corrected chi connectivity index (χ2v) is 9.87. The maximum atomic E-state index is 13.6. The van der Waals surface area contributed by atoms with E-state index in [2.05, 4.69) is 0 Å². The van der Waals surface area contributed by atoms with Gasteiger partial charge in [0.1, 0.15) is 5.75 Å². The van der Waals surface area contributed by atoms with Gasteiger partial charge in [-0.1, -0.05) is 29.8 Å². The van der Waals surface area contributed by atoms with Crippen molar-refractivity contribution in [2.24, 2.45) is 5.92 Å². The molecule has 2 aliphatic rings. The largest absolute Gasteiger partial charge is 0.484 e. The van der Waals surface area contributed by atoms with Crippen molar-refractivity contribution in [1.82, 2.24) is 9.80 Å². The Kier molecular flexibility index (Phi) is 8.18. The standard InChI is InChI=1S/C26H29ClF3N3O4/c1-17-13-33(24(35)21-7-6-20(12-22(21)27)37-16-26(28,29)30)23-5-3-2-4-19(23)14-32(17)25(36)31-10-8-18(15-34)9-11-31/h2-7,12,17-18,34H,8-11,13-16H2,1H3/t17-/m1/s1. The fourth-order valence-corrected chi connectivity index (χ4v) is 4.97. The Morgan fingerprint density at radius 1 is 1.14 bits per heavy atom. The number of aliphatic hydroxyl groups excluding tert-OH is 1. The lowest BCUT2D eigenvalue weighted by molar-refractivity contribution is -0.153. The van der Waals surface area contributed by atoms with Crippen molar-refractivity contribution in [2.45, 2.75) is 38.5 Å². The van der Waals surface area contributed by atoms with Gasteiger partial charge in [0, 0.05) is 44.5 Å². The van der Waals surface area contributed by atoms with Crippen molar-refractivity contribution < 1.29 is 32.6 Å². The lowest BCUT2D eigenvalue weighted by Crippen LogP contribution is -2.51. The molecule has 0 aromatic heterocycles. The predicted octanol–water partition coefficient (Wildman–Crippen LogP) is 4.96. The van der Waals surface area contributed by atoms with Gasteiger partial charge in [-0.05, 0) is 55.5 Å². The highest BCUT2D eigenvalue weighted by atomic mass is 35.5. The number of alkyl halides is 3. The van der Waals surface area contributed by atoms with E-state index in [1.54, 1.807) is 26.8 Å². The number of fused-ring (bicyclic) bond motifs is 1. The van der Waals surface area contributed by atoms with Gasteiger partial charge < -0.3 is 24.5 Å². The minimum Gasteiger partial charge on any atom is -0.484 e. The number of benzene rings is 2. The molecule has 1 saturated heterocycles. The van der Waals surface area contributed by atoms with Gasteiger partial charge >= 0.3 is 12.2 Å². The Hall–Kier alpha value is -2.98. The summed E-state index contributed by atoms with van der Waals surface area (Å²) in [6, 6.07) is 10.7. The van der Waals surface area contributed by atoms with Gasteiger partial charge in [-0.2, -0.15) is 13.2 Å². The number of carbonyl (C=O) groups is 2. The van der Waals surface area contributed by atoms with Gasteiger partial charge in [0.25, 0.3) is 5.91 Å². The Balaban J connectivity index is 1.56. The van der Waals surface area contributed by atoms with Crippen LogP contribution >= 0.6 is 11.6 Å². The van der Waals surface area contributed by atoms with Crippen molar-refractivity contribution in [2.75, 3.05) is 37.7 Å². The lowest BCUT2D eigenvalue weighted by Gasteiger charge is -2.37. The number of piperidine rings is 1. The third-order valence-corrected chi connectivity index (χ3v) is 7.12. The summed E-state index contributed by atoms with van der Waals surface area (Å²) in [6.45, 7) is 2.18. The van der Waals surface area contributed by atoms with Crippen molar-refractivity contribution >= 4 is 29.2 Å². The molecule has 200 valence electrons. The van der Waals surface area contributed by atoms with Gasteiger partial charge in [-0.3, -0.25) is 4.79 Å². The van der Waals surface area contributed by atoms with Crippen LogP contribution < -0.4 is 9.64 Å². The Morgan fingerprint density at radius 2 is 1.84 bits per heavy atom. The van der Waals surface area contributed by atoms with E-state index in [-0.39, 0.29) is 47.5 Å². The van der Waals surface area contributed by atoms with Gasteiger partial charge in [-0.15, -0.1) is 0 Å². The van der Waals surface area contributed by atoms with Gasteiger partial charge in [-0.25, -0.2) is 4.79 Å².